The summed E-state index contributed by atoms with van der Waals surface area (Å²) in [5.41, 5.74) is 0.974. The van der Waals surface area contributed by atoms with Crippen molar-refractivity contribution in [3.8, 4) is 0 Å². The van der Waals surface area contributed by atoms with E-state index in [1.165, 1.54) is 0 Å². The highest BCUT2D eigenvalue weighted by molar-refractivity contribution is 5.78. The number of carbonyl (C=O) groups excluding carboxylic acids is 2. The number of nitrogens with one attached hydrogen (secondary N) is 1. The molecule has 140 valence electrons. The van der Waals surface area contributed by atoms with Crippen molar-refractivity contribution < 1.29 is 14.3 Å². The Balaban J connectivity index is 1.92. The van der Waals surface area contributed by atoms with Crippen LogP contribution in [0.3, 0.4) is 0 Å². The monoisotopic (exact) mass is 348 g/mol. The van der Waals surface area contributed by atoms with Gasteiger partial charge in [-0.1, -0.05) is 36.8 Å². The fourth-order valence-corrected chi connectivity index (χ4v) is 2.46. The van der Waals surface area contributed by atoms with E-state index in [0.717, 1.165) is 44.2 Å². The van der Waals surface area contributed by atoms with E-state index in [4.69, 9.17) is 4.74 Å². The smallest absolute Gasteiger partial charge is 0.407 e. The third kappa shape index (κ3) is 12.2. The molecule has 0 bridgehead atoms. The molecule has 1 rings (SSSR count). The second kappa shape index (κ2) is 13.4. The molecule has 0 saturated heterocycles. The third-order valence-corrected chi connectivity index (χ3v) is 3.93. The molecule has 0 spiro atoms. The quantitative estimate of drug-likeness (QED) is 0.551. The number of Topliss-reactive ketones (excluding diaryl/α,β-unsaturated/α-hetero) is 1. The summed E-state index contributed by atoms with van der Waals surface area (Å²) in [7, 11) is 4.10. The first-order valence-electron chi connectivity index (χ1n) is 9.19. The first kappa shape index (κ1) is 21.2. The van der Waals surface area contributed by atoms with Crippen LogP contribution in [-0.2, 0) is 16.1 Å². The van der Waals surface area contributed by atoms with Crippen LogP contribution in [0.2, 0.25) is 0 Å². The van der Waals surface area contributed by atoms with E-state index in [2.05, 4.69) is 10.2 Å². The van der Waals surface area contributed by atoms with E-state index >= 15 is 0 Å². The number of benzene rings is 1. The van der Waals surface area contributed by atoms with Crippen LogP contribution in [0.4, 0.5) is 4.79 Å². The number of rotatable bonds is 13. The molecule has 0 atom stereocenters. The second-order valence-corrected chi connectivity index (χ2v) is 6.60. The Morgan fingerprint density at radius 3 is 2.32 bits per heavy atom. The van der Waals surface area contributed by atoms with Gasteiger partial charge in [-0.15, -0.1) is 0 Å². The SMILES string of the molecule is CN(C)CCCCC(=O)CCCCCNC(=O)OCc1ccccc1. The van der Waals surface area contributed by atoms with Crippen LogP contribution in [0, 0.1) is 0 Å². The Bertz CT molecular complexity index is 489. The Labute approximate surface area is 151 Å². The maximum atomic E-state index is 11.7. The first-order chi connectivity index (χ1) is 12.1. The van der Waals surface area contributed by atoms with Crippen molar-refractivity contribution in [1.29, 1.82) is 0 Å². The minimum Gasteiger partial charge on any atom is -0.445 e. The molecule has 0 heterocycles. The summed E-state index contributed by atoms with van der Waals surface area (Å²) in [6.45, 7) is 1.92. The van der Waals surface area contributed by atoms with E-state index in [9.17, 15) is 9.59 Å². The summed E-state index contributed by atoms with van der Waals surface area (Å²) in [5, 5.41) is 2.74. The van der Waals surface area contributed by atoms with Gasteiger partial charge < -0.3 is 15.0 Å². The number of carbonyl (C=O) groups is 2. The van der Waals surface area contributed by atoms with Crippen molar-refractivity contribution in [1.82, 2.24) is 10.2 Å². The summed E-state index contributed by atoms with van der Waals surface area (Å²) in [4.78, 5) is 25.4. The van der Waals surface area contributed by atoms with Gasteiger partial charge in [-0.25, -0.2) is 4.79 Å². The molecule has 1 aromatic rings. The lowest BCUT2D eigenvalue weighted by atomic mass is 10.1. The fraction of sp³-hybridized carbons (Fsp3) is 0.600. The number of nitrogens with zero attached hydrogens (tertiary/aromatic N) is 1. The maximum absolute atomic E-state index is 11.7. The molecule has 0 aliphatic carbocycles. The summed E-state index contributed by atoms with van der Waals surface area (Å²) in [6.07, 6.45) is 5.72. The normalized spacial score (nSPS) is 10.7. The molecule has 0 fully saturated rings. The van der Waals surface area contributed by atoms with E-state index in [1.807, 2.05) is 44.4 Å². The number of hydrogen-bond donors (Lipinski definition) is 1. The molecule has 5 heteroatoms. The van der Waals surface area contributed by atoms with Crippen LogP contribution >= 0.6 is 0 Å². The average molecular weight is 348 g/mol. The number of ketones is 1. The van der Waals surface area contributed by atoms with Crippen LogP contribution in [0.5, 0.6) is 0 Å². The maximum Gasteiger partial charge on any atom is 0.407 e. The Morgan fingerprint density at radius 1 is 0.960 bits per heavy atom. The van der Waals surface area contributed by atoms with Gasteiger partial charge in [0, 0.05) is 19.4 Å². The van der Waals surface area contributed by atoms with Gasteiger partial charge in [-0.2, -0.15) is 0 Å². The predicted molar refractivity (Wildman–Crippen MR) is 101 cm³/mol. The van der Waals surface area contributed by atoms with Crippen LogP contribution in [0.15, 0.2) is 30.3 Å². The van der Waals surface area contributed by atoms with Gasteiger partial charge >= 0.3 is 6.09 Å². The van der Waals surface area contributed by atoms with Crippen LogP contribution in [0.1, 0.15) is 50.5 Å². The van der Waals surface area contributed by atoms with E-state index in [1.54, 1.807) is 0 Å². The van der Waals surface area contributed by atoms with Crippen LogP contribution in [-0.4, -0.2) is 44.0 Å². The highest BCUT2D eigenvalue weighted by Crippen LogP contribution is 2.06. The molecule has 0 aliphatic heterocycles. The fourth-order valence-electron chi connectivity index (χ4n) is 2.46. The molecule has 0 saturated carbocycles. The summed E-state index contributed by atoms with van der Waals surface area (Å²) >= 11 is 0. The number of unbranched alkanes of at least 4 members (excludes halogenated alkanes) is 3. The lowest BCUT2D eigenvalue weighted by Crippen LogP contribution is -2.25. The number of amides is 1. The van der Waals surface area contributed by atoms with Gasteiger partial charge in [0.2, 0.25) is 0 Å². The molecule has 0 aromatic heterocycles. The zero-order valence-electron chi connectivity index (χ0n) is 15.6. The highest BCUT2D eigenvalue weighted by Gasteiger charge is 2.04. The van der Waals surface area contributed by atoms with Crippen LogP contribution in [0.25, 0.3) is 0 Å². The molecule has 1 amide bonds. The lowest BCUT2D eigenvalue weighted by Gasteiger charge is -2.08. The summed E-state index contributed by atoms with van der Waals surface area (Å²) in [6, 6.07) is 9.61. The zero-order chi connectivity index (χ0) is 18.3. The molecule has 0 aliphatic rings. The minimum absolute atomic E-state index is 0.287. The summed E-state index contributed by atoms with van der Waals surface area (Å²) in [5.74, 6) is 0.356. The third-order valence-electron chi connectivity index (χ3n) is 3.93. The van der Waals surface area contributed by atoms with Crippen molar-refractivity contribution in [2.75, 3.05) is 27.2 Å². The van der Waals surface area contributed by atoms with E-state index in [0.29, 0.717) is 25.2 Å². The Morgan fingerprint density at radius 2 is 1.64 bits per heavy atom. The van der Waals surface area contributed by atoms with Gasteiger partial charge in [-0.3, -0.25) is 4.79 Å². The van der Waals surface area contributed by atoms with Gasteiger partial charge in [0.15, 0.2) is 0 Å². The number of hydrogen-bond acceptors (Lipinski definition) is 4. The molecule has 0 radical (unpaired) electrons. The van der Waals surface area contributed by atoms with Crippen molar-refractivity contribution in [3.63, 3.8) is 0 Å². The van der Waals surface area contributed by atoms with E-state index < -0.39 is 0 Å². The van der Waals surface area contributed by atoms with Gasteiger partial charge in [0.25, 0.3) is 0 Å². The predicted octanol–water partition coefficient (Wildman–Crippen LogP) is 3.77. The number of ether oxygens (including phenoxy) is 1. The molecule has 1 aromatic carbocycles. The second-order valence-electron chi connectivity index (χ2n) is 6.60. The Kier molecular flexibility index (Phi) is 11.4. The molecule has 0 unspecified atom stereocenters. The minimum atomic E-state index is -0.388. The van der Waals surface area contributed by atoms with Crippen molar-refractivity contribution in [2.45, 2.75) is 51.6 Å². The average Bonchev–Trinajstić information content (AvgIpc) is 2.60. The van der Waals surface area contributed by atoms with Gasteiger partial charge in [-0.05, 0) is 51.9 Å². The Hall–Kier alpha value is -1.88. The zero-order valence-corrected chi connectivity index (χ0v) is 15.6. The van der Waals surface area contributed by atoms with E-state index in [-0.39, 0.29) is 12.7 Å². The number of alkyl carbamates (subject to hydrolysis) is 1. The largest absolute Gasteiger partial charge is 0.445 e. The van der Waals surface area contributed by atoms with Crippen molar-refractivity contribution in [2.24, 2.45) is 0 Å². The standard InChI is InChI=1S/C20H32N2O3/c1-22(2)16-10-8-14-19(23)13-7-4-9-15-21-20(24)25-17-18-11-5-3-6-12-18/h3,5-6,11-12H,4,7-10,13-17H2,1-2H3,(H,21,24). The first-order valence-corrected chi connectivity index (χ1v) is 9.19. The summed E-state index contributed by atoms with van der Waals surface area (Å²) < 4.78 is 5.14. The topological polar surface area (TPSA) is 58.6 Å². The van der Waals surface area contributed by atoms with Crippen molar-refractivity contribution >= 4 is 11.9 Å². The van der Waals surface area contributed by atoms with Gasteiger partial charge in [0.1, 0.15) is 12.4 Å². The van der Waals surface area contributed by atoms with Crippen LogP contribution < -0.4 is 5.32 Å². The highest BCUT2D eigenvalue weighted by atomic mass is 16.5. The van der Waals surface area contributed by atoms with Crippen molar-refractivity contribution in [3.05, 3.63) is 35.9 Å². The molecular weight excluding hydrogens is 316 g/mol. The molecular formula is C20H32N2O3. The lowest BCUT2D eigenvalue weighted by molar-refractivity contribution is -0.119. The van der Waals surface area contributed by atoms with Gasteiger partial charge in [0.05, 0.1) is 0 Å². The molecule has 25 heavy (non-hydrogen) atoms. The molecule has 5 nitrogen and oxygen atoms in total. The molecule has 1 N–H and O–H groups in total.